The van der Waals surface area contributed by atoms with E-state index >= 15 is 0 Å². The summed E-state index contributed by atoms with van der Waals surface area (Å²) in [6.45, 7) is 8.30. The molecule has 2 aromatic carbocycles. The largest absolute Gasteiger partial charge is 0.481 e. The lowest BCUT2D eigenvalue weighted by atomic mass is 10.2. The van der Waals surface area contributed by atoms with Crippen molar-refractivity contribution in [1.29, 1.82) is 0 Å². The van der Waals surface area contributed by atoms with Crippen molar-refractivity contribution in [1.82, 2.24) is 14.2 Å². The maximum atomic E-state index is 13.3. The Kier molecular flexibility index (Phi) is 6.71. The summed E-state index contributed by atoms with van der Waals surface area (Å²) >= 11 is 3.44. The van der Waals surface area contributed by atoms with Gasteiger partial charge >= 0.3 is 0 Å². The molecule has 0 saturated carbocycles. The van der Waals surface area contributed by atoms with Crippen LogP contribution in [0.5, 0.6) is 5.75 Å². The van der Waals surface area contributed by atoms with Gasteiger partial charge in [0, 0.05) is 33.0 Å². The minimum atomic E-state index is -0.192. The van der Waals surface area contributed by atoms with Gasteiger partial charge in [0.1, 0.15) is 18.2 Å². The second-order valence-electron chi connectivity index (χ2n) is 8.30. The molecule has 0 spiro atoms. The number of halogens is 1. The molecule has 172 valence electrons. The van der Waals surface area contributed by atoms with Gasteiger partial charge in [-0.1, -0.05) is 35.7 Å². The molecule has 2 aromatic heterocycles. The maximum absolute atomic E-state index is 13.3. The Hall–Kier alpha value is -3.63. The second-order valence-corrected chi connectivity index (χ2v) is 9.21. The predicted molar refractivity (Wildman–Crippen MR) is 140 cm³/mol. The lowest BCUT2D eigenvalue weighted by Crippen LogP contribution is -2.23. The number of aromatic nitrogens is 3. The van der Waals surface area contributed by atoms with E-state index in [4.69, 9.17) is 16.1 Å². The van der Waals surface area contributed by atoms with Crippen molar-refractivity contribution in [2.24, 2.45) is 5.10 Å². The van der Waals surface area contributed by atoms with Crippen molar-refractivity contribution >= 4 is 33.0 Å². The molecule has 4 aromatic rings. The number of hydrogen-bond acceptors (Lipinski definition) is 4. The first-order chi connectivity index (χ1) is 16.3. The number of aryl methyl sites for hydroxylation is 1. The molecule has 7 heteroatoms. The minimum absolute atomic E-state index is 0.0283. The summed E-state index contributed by atoms with van der Waals surface area (Å²) in [5.74, 6) is 3.84. The minimum Gasteiger partial charge on any atom is -0.481 e. The van der Waals surface area contributed by atoms with Crippen LogP contribution < -0.4 is 10.3 Å². The Labute approximate surface area is 207 Å². The van der Waals surface area contributed by atoms with Gasteiger partial charge in [-0.15, -0.1) is 6.42 Å². The van der Waals surface area contributed by atoms with Crippen LogP contribution in [0.2, 0.25) is 0 Å². The van der Waals surface area contributed by atoms with E-state index in [9.17, 15) is 4.79 Å². The fraction of sp³-hybridized carbons (Fsp3) is 0.222. The SMILES string of the molecule is C#CCOc1ccc(-n2c(C)cc(C=Nn3c(C(C)C)nc4ccc(Br)cc4c3=O)c2C)cc1. The number of fused-ring (bicyclic) bond motifs is 1. The highest BCUT2D eigenvalue weighted by Crippen LogP contribution is 2.23. The number of hydrogen-bond donors (Lipinski definition) is 0. The van der Waals surface area contributed by atoms with Gasteiger partial charge in [0.05, 0.1) is 17.1 Å². The summed E-state index contributed by atoms with van der Waals surface area (Å²) in [6, 6.07) is 15.3. The molecule has 0 atom stereocenters. The smallest absolute Gasteiger partial charge is 0.282 e. The highest BCUT2D eigenvalue weighted by Gasteiger charge is 2.15. The highest BCUT2D eigenvalue weighted by atomic mass is 79.9. The molecule has 4 rings (SSSR count). The van der Waals surface area contributed by atoms with E-state index in [-0.39, 0.29) is 18.1 Å². The summed E-state index contributed by atoms with van der Waals surface area (Å²) in [7, 11) is 0. The highest BCUT2D eigenvalue weighted by molar-refractivity contribution is 9.10. The standard InChI is InChI=1S/C27H25BrN4O2/c1-6-13-34-23-10-8-22(9-11-23)31-18(4)14-20(19(31)5)16-29-32-26(17(2)3)30-25-12-7-21(28)15-24(25)27(32)33/h1,7-12,14-17H,13H2,2-5H3. The number of ether oxygens (including phenoxy) is 1. The van der Waals surface area contributed by atoms with E-state index < -0.39 is 0 Å². The van der Waals surface area contributed by atoms with Crippen LogP contribution in [0.3, 0.4) is 0 Å². The van der Waals surface area contributed by atoms with E-state index in [0.29, 0.717) is 16.7 Å². The van der Waals surface area contributed by atoms with Crippen LogP contribution in [0.1, 0.15) is 42.5 Å². The Morgan fingerprint density at radius 2 is 1.91 bits per heavy atom. The zero-order valence-corrected chi connectivity index (χ0v) is 21.1. The summed E-state index contributed by atoms with van der Waals surface area (Å²) in [5.41, 5.74) is 4.45. The lowest BCUT2D eigenvalue weighted by molar-refractivity contribution is 0.370. The summed E-state index contributed by atoms with van der Waals surface area (Å²) in [6.07, 6.45) is 6.98. The van der Waals surface area contributed by atoms with Gasteiger partial charge in [0.25, 0.3) is 5.56 Å². The van der Waals surface area contributed by atoms with Gasteiger partial charge < -0.3 is 9.30 Å². The molecule has 0 radical (unpaired) electrons. The van der Waals surface area contributed by atoms with E-state index in [1.54, 1.807) is 12.3 Å². The van der Waals surface area contributed by atoms with Crippen molar-refractivity contribution in [3.05, 3.63) is 86.1 Å². The molecule has 34 heavy (non-hydrogen) atoms. The fourth-order valence-electron chi connectivity index (χ4n) is 3.90. The van der Waals surface area contributed by atoms with E-state index in [2.05, 4.69) is 31.5 Å². The van der Waals surface area contributed by atoms with Crippen molar-refractivity contribution in [2.75, 3.05) is 6.61 Å². The number of nitrogens with zero attached hydrogens (tertiary/aromatic N) is 4. The molecule has 0 aliphatic heterocycles. The van der Waals surface area contributed by atoms with Gasteiger partial charge in [-0.25, -0.2) is 4.98 Å². The molecule has 0 fully saturated rings. The first kappa shape index (κ1) is 23.5. The average molecular weight is 517 g/mol. The molecular weight excluding hydrogens is 492 g/mol. The van der Waals surface area contributed by atoms with E-state index in [1.165, 1.54) is 4.68 Å². The van der Waals surface area contributed by atoms with Crippen molar-refractivity contribution in [2.45, 2.75) is 33.6 Å². The van der Waals surface area contributed by atoms with Gasteiger partial charge in [-0.2, -0.15) is 9.78 Å². The summed E-state index contributed by atoms with van der Waals surface area (Å²) < 4.78 is 9.84. The first-order valence-electron chi connectivity index (χ1n) is 10.9. The maximum Gasteiger partial charge on any atom is 0.282 e. The molecule has 0 aliphatic carbocycles. The number of benzene rings is 2. The summed E-state index contributed by atoms with van der Waals surface area (Å²) in [5, 5.41) is 5.10. The predicted octanol–water partition coefficient (Wildman–Crippen LogP) is 5.58. The zero-order chi connectivity index (χ0) is 24.4. The number of rotatable bonds is 6. The van der Waals surface area contributed by atoms with Gasteiger partial charge in [-0.05, 0) is 62.4 Å². The third kappa shape index (κ3) is 4.55. The monoisotopic (exact) mass is 516 g/mol. The summed E-state index contributed by atoms with van der Waals surface area (Å²) in [4.78, 5) is 18.0. The van der Waals surface area contributed by atoms with Gasteiger partial charge in [-0.3, -0.25) is 4.79 Å². The van der Waals surface area contributed by atoms with Crippen LogP contribution in [-0.2, 0) is 0 Å². The Balaban J connectivity index is 1.74. The van der Waals surface area contributed by atoms with Crippen LogP contribution in [0.15, 0.2) is 62.9 Å². The van der Waals surface area contributed by atoms with Crippen LogP contribution in [-0.4, -0.2) is 27.0 Å². The van der Waals surface area contributed by atoms with E-state index in [1.807, 2.05) is 70.2 Å². The van der Waals surface area contributed by atoms with Crippen LogP contribution in [0.4, 0.5) is 0 Å². The van der Waals surface area contributed by atoms with E-state index in [0.717, 1.165) is 32.9 Å². The molecule has 0 N–H and O–H groups in total. The molecule has 0 amide bonds. The molecule has 0 aliphatic rings. The second kappa shape index (κ2) is 9.70. The van der Waals surface area contributed by atoms with Crippen molar-refractivity contribution in [3.63, 3.8) is 0 Å². The lowest BCUT2D eigenvalue weighted by Gasteiger charge is -2.12. The average Bonchev–Trinajstić information content (AvgIpc) is 3.10. The first-order valence-corrected chi connectivity index (χ1v) is 11.7. The van der Waals surface area contributed by atoms with Crippen molar-refractivity contribution < 1.29 is 4.74 Å². The Morgan fingerprint density at radius 1 is 1.18 bits per heavy atom. The van der Waals surface area contributed by atoms with Crippen molar-refractivity contribution in [3.8, 4) is 23.8 Å². The Morgan fingerprint density at radius 3 is 2.59 bits per heavy atom. The fourth-order valence-corrected chi connectivity index (χ4v) is 4.26. The van der Waals surface area contributed by atoms with Gasteiger partial charge in [0.15, 0.2) is 0 Å². The topological polar surface area (TPSA) is 61.4 Å². The molecular formula is C27H25BrN4O2. The molecule has 6 nitrogen and oxygen atoms in total. The quantitative estimate of drug-likeness (QED) is 0.248. The normalized spacial score (nSPS) is 11.4. The molecule has 0 saturated heterocycles. The van der Waals surface area contributed by atoms with Gasteiger partial charge in [0.2, 0.25) is 0 Å². The molecule has 0 bridgehead atoms. The number of terminal acetylenes is 1. The zero-order valence-electron chi connectivity index (χ0n) is 19.5. The van der Waals surface area contributed by atoms with Crippen LogP contribution in [0, 0.1) is 26.2 Å². The third-order valence-corrected chi connectivity index (χ3v) is 6.04. The molecule has 2 heterocycles. The van der Waals surface area contributed by atoms with Crippen LogP contribution >= 0.6 is 15.9 Å². The molecule has 0 unspecified atom stereocenters. The van der Waals surface area contributed by atoms with Crippen LogP contribution in [0.25, 0.3) is 16.6 Å². The Bertz CT molecular complexity index is 1490. The third-order valence-electron chi connectivity index (χ3n) is 5.55.